The summed E-state index contributed by atoms with van der Waals surface area (Å²) in [7, 11) is -3.08. The van der Waals surface area contributed by atoms with Gasteiger partial charge >= 0.3 is 0 Å². The summed E-state index contributed by atoms with van der Waals surface area (Å²) in [6.45, 7) is 2.96. The Hall–Kier alpha value is -0.170. The second-order valence-electron chi connectivity index (χ2n) is 4.24. The number of rotatable bonds is 6. The van der Waals surface area contributed by atoms with Gasteiger partial charge in [0.25, 0.3) is 0 Å². The Labute approximate surface area is 97.9 Å². The van der Waals surface area contributed by atoms with Gasteiger partial charge in [0.05, 0.1) is 12.4 Å². The molecule has 16 heavy (non-hydrogen) atoms. The van der Waals surface area contributed by atoms with Crippen LogP contribution in [0.1, 0.15) is 39.0 Å². The predicted octanol–water partition coefficient (Wildman–Crippen LogP) is 0.861. The molecule has 0 bridgehead atoms. The molecular formula is C10H22N2O3S. The van der Waals surface area contributed by atoms with E-state index in [1.165, 1.54) is 0 Å². The Morgan fingerprint density at radius 2 is 2.19 bits per heavy atom. The van der Waals surface area contributed by atoms with Crippen LogP contribution >= 0.6 is 0 Å². The van der Waals surface area contributed by atoms with Crippen LogP contribution in [0.5, 0.6) is 0 Å². The van der Waals surface area contributed by atoms with Gasteiger partial charge in [0.1, 0.15) is 0 Å². The SMILES string of the molecule is CCCS(=O)(=O)N1CCCCC1CCON. The first-order chi connectivity index (χ1) is 7.61. The second-order valence-corrected chi connectivity index (χ2v) is 6.28. The van der Waals surface area contributed by atoms with E-state index in [0.717, 1.165) is 19.3 Å². The van der Waals surface area contributed by atoms with E-state index in [1.807, 2.05) is 6.92 Å². The van der Waals surface area contributed by atoms with Gasteiger partial charge in [0, 0.05) is 12.6 Å². The van der Waals surface area contributed by atoms with E-state index < -0.39 is 10.0 Å². The zero-order valence-corrected chi connectivity index (χ0v) is 10.7. The summed E-state index contributed by atoms with van der Waals surface area (Å²) in [5.74, 6) is 5.23. The third kappa shape index (κ3) is 3.69. The minimum atomic E-state index is -3.08. The summed E-state index contributed by atoms with van der Waals surface area (Å²) in [6.07, 6.45) is 4.33. The van der Waals surface area contributed by atoms with Gasteiger partial charge in [-0.25, -0.2) is 14.3 Å². The molecule has 0 aliphatic carbocycles. The molecule has 1 unspecified atom stereocenters. The van der Waals surface area contributed by atoms with Crippen molar-refractivity contribution in [3.05, 3.63) is 0 Å². The van der Waals surface area contributed by atoms with Crippen LogP contribution in [0.25, 0.3) is 0 Å². The lowest BCUT2D eigenvalue weighted by Crippen LogP contribution is -2.45. The topological polar surface area (TPSA) is 72.6 Å². The van der Waals surface area contributed by atoms with Crippen LogP contribution in [0.4, 0.5) is 0 Å². The Balaban J connectivity index is 2.65. The van der Waals surface area contributed by atoms with Gasteiger partial charge in [0.2, 0.25) is 10.0 Å². The molecule has 1 rings (SSSR count). The third-order valence-corrected chi connectivity index (χ3v) is 5.08. The van der Waals surface area contributed by atoms with Crippen molar-refractivity contribution in [2.45, 2.75) is 45.1 Å². The highest BCUT2D eigenvalue weighted by Gasteiger charge is 2.31. The lowest BCUT2D eigenvalue weighted by Gasteiger charge is -2.34. The first-order valence-corrected chi connectivity index (χ1v) is 7.54. The van der Waals surface area contributed by atoms with Gasteiger partial charge in [-0.15, -0.1) is 0 Å². The fourth-order valence-corrected chi connectivity index (χ4v) is 4.03. The van der Waals surface area contributed by atoms with Crippen LogP contribution in [-0.4, -0.2) is 37.7 Å². The zero-order chi connectivity index (χ0) is 12.0. The van der Waals surface area contributed by atoms with Crippen LogP contribution in [0.3, 0.4) is 0 Å². The molecule has 1 aliphatic rings. The van der Waals surface area contributed by atoms with Crippen molar-refractivity contribution >= 4 is 10.0 Å². The van der Waals surface area contributed by atoms with Gasteiger partial charge < -0.3 is 4.84 Å². The summed E-state index contributed by atoms with van der Waals surface area (Å²) in [4.78, 5) is 4.54. The fraction of sp³-hybridized carbons (Fsp3) is 1.00. The van der Waals surface area contributed by atoms with E-state index >= 15 is 0 Å². The average molecular weight is 250 g/mol. The molecule has 6 heteroatoms. The molecule has 0 aromatic heterocycles. The van der Waals surface area contributed by atoms with Gasteiger partial charge in [-0.3, -0.25) is 0 Å². The molecule has 2 N–H and O–H groups in total. The van der Waals surface area contributed by atoms with Crippen molar-refractivity contribution in [3.63, 3.8) is 0 Å². The van der Waals surface area contributed by atoms with E-state index in [1.54, 1.807) is 4.31 Å². The fourth-order valence-electron chi connectivity index (χ4n) is 2.21. The lowest BCUT2D eigenvalue weighted by molar-refractivity contribution is 0.109. The third-order valence-electron chi connectivity index (χ3n) is 2.96. The lowest BCUT2D eigenvalue weighted by atomic mass is 10.0. The largest absolute Gasteiger partial charge is 0.305 e. The summed E-state index contributed by atoms with van der Waals surface area (Å²) in [5, 5.41) is 0. The molecule has 96 valence electrons. The van der Waals surface area contributed by atoms with E-state index in [9.17, 15) is 8.42 Å². The summed E-state index contributed by atoms with van der Waals surface area (Å²) >= 11 is 0. The number of hydrogen-bond donors (Lipinski definition) is 1. The smallest absolute Gasteiger partial charge is 0.214 e. The van der Waals surface area contributed by atoms with E-state index in [2.05, 4.69) is 4.84 Å². The van der Waals surface area contributed by atoms with Gasteiger partial charge in [-0.2, -0.15) is 4.31 Å². The highest BCUT2D eigenvalue weighted by atomic mass is 32.2. The Morgan fingerprint density at radius 1 is 1.44 bits per heavy atom. The van der Waals surface area contributed by atoms with Crippen LogP contribution in [0.2, 0.25) is 0 Å². The highest BCUT2D eigenvalue weighted by molar-refractivity contribution is 7.89. The Bertz CT molecular complexity index is 292. The Morgan fingerprint density at radius 3 is 2.81 bits per heavy atom. The second kappa shape index (κ2) is 6.54. The molecule has 0 radical (unpaired) electrons. The number of nitrogens with zero attached hydrogens (tertiary/aromatic N) is 1. The predicted molar refractivity (Wildman–Crippen MR) is 63.2 cm³/mol. The molecule has 1 aliphatic heterocycles. The van der Waals surface area contributed by atoms with Crippen LogP contribution < -0.4 is 5.90 Å². The molecule has 1 heterocycles. The minimum Gasteiger partial charge on any atom is -0.305 e. The van der Waals surface area contributed by atoms with Crippen LogP contribution in [0, 0.1) is 0 Å². The maximum atomic E-state index is 12.0. The summed E-state index contributed by atoms with van der Waals surface area (Å²) < 4.78 is 25.7. The molecular weight excluding hydrogens is 228 g/mol. The molecule has 1 saturated heterocycles. The molecule has 0 aromatic carbocycles. The normalized spacial score (nSPS) is 23.5. The summed E-state index contributed by atoms with van der Waals surface area (Å²) in [5.41, 5.74) is 0. The van der Waals surface area contributed by atoms with Gasteiger partial charge in [-0.1, -0.05) is 13.3 Å². The monoisotopic (exact) mass is 250 g/mol. The zero-order valence-electron chi connectivity index (χ0n) is 9.89. The van der Waals surface area contributed by atoms with Crippen molar-refractivity contribution in [2.75, 3.05) is 18.9 Å². The van der Waals surface area contributed by atoms with Crippen LogP contribution in [0.15, 0.2) is 0 Å². The van der Waals surface area contributed by atoms with Crippen molar-refractivity contribution in [3.8, 4) is 0 Å². The molecule has 0 aromatic rings. The molecule has 0 amide bonds. The number of piperidine rings is 1. The molecule has 0 saturated carbocycles. The number of nitrogens with two attached hydrogens (primary N) is 1. The molecule has 1 atom stereocenters. The van der Waals surface area contributed by atoms with Crippen molar-refractivity contribution < 1.29 is 13.3 Å². The minimum absolute atomic E-state index is 0.0776. The van der Waals surface area contributed by atoms with Crippen LogP contribution in [-0.2, 0) is 14.9 Å². The quantitative estimate of drug-likeness (QED) is 0.710. The van der Waals surface area contributed by atoms with E-state index in [0.29, 0.717) is 26.0 Å². The average Bonchev–Trinajstić information content (AvgIpc) is 2.26. The van der Waals surface area contributed by atoms with E-state index in [-0.39, 0.29) is 11.8 Å². The molecule has 1 fully saturated rings. The first-order valence-electron chi connectivity index (χ1n) is 5.93. The summed E-state index contributed by atoms with van der Waals surface area (Å²) in [6, 6.07) is 0.0776. The molecule has 5 nitrogen and oxygen atoms in total. The Kier molecular flexibility index (Phi) is 5.68. The van der Waals surface area contributed by atoms with Gasteiger partial charge in [0.15, 0.2) is 0 Å². The van der Waals surface area contributed by atoms with Gasteiger partial charge in [-0.05, 0) is 25.7 Å². The van der Waals surface area contributed by atoms with Crippen molar-refractivity contribution in [1.82, 2.24) is 4.31 Å². The van der Waals surface area contributed by atoms with E-state index in [4.69, 9.17) is 5.90 Å². The molecule has 0 spiro atoms. The first kappa shape index (κ1) is 13.9. The highest BCUT2D eigenvalue weighted by Crippen LogP contribution is 2.23. The number of hydrogen-bond acceptors (Lipinski definition) is 4. The van der Waals surface area contributed by atoms with Crippen molar-refractivity contribution in [2.24, 2.45) is 5.90 Å². The maximum absolute atomic E-state index is 12.0. The van der Waals surface area contributed by atoms with Crippen molar-refractivity contribution in [1.29, 1.82) is 0 Å². The maximum Gasteiger partial charge on any atom is 0.214 e. The standard InChI is InChI=1S/C10H22N2O3S/c1-2-9-16(13,14)12-7-4-3-5-10(12)6-8-15-11/h10H,2-9,11H2,1H3. The number of sulfonamides is 1.